The SMILES string of the molecule is CNCC(=O)NCc1ccccc1CN(C)C. The predicted octanol–water partition coefficient (Wildman–Crippen LogP) is 0.584. The minimum Gasteiger partial charge on any atom is -0.351 e. The molecule has 0 saturated heterocycles. The lowest BCUT2D eigenvalue weighted by Crippen LogP contribution is -2.32. The Kier molecular flexibility index (Phi) is 5.66. The number of likely N-dealkylation sites (N-methyl/N-ethyl adjacent to an activating group) is 1. The van der Waals surface area contributed by atoms with Crippen molar-refractivity contribution in [3.05, 3.63) is 35.4 Å². The molecule has 0 heterocycles. The second-order valence-corrected chi connectivity index (χ2v) is 4.31. The molecule has 1 aromatic rings. The largest absolute Gasteiger partial charge is 0.351 e. The summed E-state index contributed by atoms with van der Waals surface area (Å²) in [5, 5.41) is 5.72. The average Bonchev–Trinajstić information content (AvgIpc) is 2.27. The molecule has 0 unspecified atom stereocenters. The maximum atomic E-state index is 11.4. The Hall–Kier alpha value is -1.39. The highest BCUT2D eigenvalue weighted by molar-refractivity contribution is 5.77. The third-order valence-electron chi connectivity index (χ3n) is 2.42. The van der Waals surface area contributed by atoms with Crippen LogP contribution in [0.3, 0.4) is 0 Å². The second-order valence-electron chi connectivity index (χ2n) is 4.31. The molecule has 1 aromatic carbocycles. The van der Waals surface area contributed by atoms with Crippen molar-refractivity contribution in [2.75, 3.05) is 27.7 Å². The van der Waals surface area contributed by atoms with E-state index in [4.69, 9.17) is 0 Å². The van der Waals surface area contributed by atoms with Crippen LogP contribution in [0.25, 0.3) is 0 Å². The minimum absolute atomic E-state index is 0.0205. The highest BCUT2D eigenvalue weighted by Crippen LogP contribution is 2.10. The molecule has 0 radical (unpaired) electrons. The lowest BCUT2D eigenvalue weighted by Gasteiger charge is -2.14. The first-order chi connectivity index (χ1) is 8.13. The molecule has 0 atom stereocenters. The number of rotatable bonds is 6. The van der Waals surface area contributed by atoms with Gasteiger partial charge in [0.05, 0.1) is 6.54 Å². The zero-order valence-electron chi connectivity index (χ0n) is 10.8. The molecule has 1 amide bonds. The van der Waals surface area contributed by atoms with Crippen LogP contribution in [0.15, 0.2) is 24.3 Å². The van der Waals surface area contributed by atoms with Gasteiger partial charge in [0.25, 0.3) is 0 Å². The van der Waals surface area contributed by atoms with E-state index >= 15 is 0 Å². The maximum absolute atomic E-state index is 11.4. The van der Waals surface area contributed by atoms with Crippen LogP contribution in [0.1, 0.15) is 11.1 Å². The molecular weight excluding hydrogens is 214 g/mol. The average molecular weight is 235 g/mol. The standard InChI is InChI=1S/C13H21N3O/c1-14-9-13(17)15-8-11-6-4-5-7-12(11)10-16(2)3/h4-7,14H,8-10H2,1-3H3,(H,15,17). The van der Waals surface area contributed by atoms with Crippen LogP contribution in [0.2, 0.25) is 0 Å². The quantitative estimate of drug-likeness (QED) is 0.758. The highest BCUT2D eigenvalue weighted by Gasteiger charge is 2.04. The van der Waals surface area contributed by atoms with Gasteiger partial charge in [-0.05, 0) is 32.3 Å². The van der Waals surface area contributed by atoms with E-state index in [1.165, 1.54) is 11.1 Å². The number of amides is 1. The van der Waals surface area contributed by atoms with Crippen LogP contribution in [0, 0.1) is 0 Å². The molecule has 2 N–H and O–H groups in total. The van der Waals surface area contributed by atoms with E-state index in [2.05, 4.69) is 27.7 Å². The van der Waals surface area contributed by atoms with Crippen LogP contribution < -0.4 is 10.6 Å². The number of carbonyl (C=O) groups is 1. The Morgan fingerprint density at radius 3 is 2.47 bits per heavy atom. The van der Waals surface area contributed by atoms with Crippen molar-refractivity contribution in [2.45, 2.75) is 13.1 Å². The van der Waals surface area contributed by atoms with E-state index in [-0.39, 0.29) is 5.91 Å². The molecule has 0 aliphatic heterocycles. The number of carbonyl (C=O) groups excluding carboxylic acids is 1. The van der Waals surface area contributed by atoms with E-state index in [9.17, 15) is 4.79 Å². The first-order valence-electron chi connectivity index (χ1n) is 5.76. The van der Waals surface area contributed by atoms with Gasteiger partial charge in [0.2, 0.25) is 5.91 Å². The molecule has 0 aliphatic carbocycles. The summed E-state index contributed by atoms with van der Waals surface area (Å²) < 4.78 is 0. The molecule has 0 fully saturated rings. The number of hydrogen-bond donors (Lipinski definition) is 2. The number of benzene rings is 1. The number of hydrogen-bond acceptors (Lipinski definition) is 3. The summed E-state index contributed by atoms with van der Waals surface area (Å²) in [4.78, 5) is 13.5. The van der Waals surface area contributed by atoms with Gasteiger partial charge in [-0.25, -0.2) is 0 Å². The van der Waals surface area contributed by atoms with Gasteiger partial charge in [-0.1, -0.05) is 24.3 Å². The van der Waals surface area contributed by atoms with E-state index in [1.54, 1.807) is 7.05 Å². The summed E-state index contributed by atoms with van der Waals surface area (Å²) in [6, 6.07) is 8.18. The Bertz CT molecular complexity index is 363. The first-order valence-corrected chi connectivity index (χ1v) is 5.76. The van der Waals surface area contributed by atoms with Gasteiger partial charge in [0, 0.05) is 13.1 Å². The lowest BCUT2D eigenvalue weighted by molar-refractivity contribution is -0.120. The van der Waals surface area contributed by atoms with Crippen molar-refractivity contribution < 1.29 is 4.79 Å². The van der Waals surface area contributed by atoms with Crippen molar-refractivity contribution in [2.24, 2.45) is 0 Å². The summed E-state index contributed by atoms with van der Waals surface area (Å²) in [6.07, 6.45) is 0. The molecule has 0 saturated carbocycles. The van der Waals surface area contributed by atoms with Gasteiger partial charge in [-0.3, -0.25) is 4.79 Å². The van der Waals surface area contributed by atoms with E-state index in [0.717, 1.165) is 6.54 Å². The molecule has 0 spiro atoms. The fourth-order valence-corrected chi connectivity index (χ4v) is 1.64. The number of nitrogens with zero attached hydrogens (tertiary/aromatic N) is 1. The van der Waals surface area contributed by atoms with E-state index in [1.807, 2.05) is 26.2 Å². The highest BCUT2D eigenvalue weighted by atomic mass is 16.1. The van der Waals surface area contributed by atoms with E-state index in [0.29, 0.717) is 13.1 Å². The Morgan fingerprint density at radius 2 is 1.88 bits per heavy atom. The fourth-order valence-electron chi connectivity index (χ4n) is 1.64. The molecular formula is C13H21N3O. The van der Waals surface area contributed by atoms with Gasteiger partial charge >= 0.3 is 0 Å². The Labute approximate surface area is 103 Å². The fraction of sp³-hybridized carbons (Fsp3) is 0.462. The van der Waals surface area contributed by atoms with Gasteiger partial charge in [-0.2, -0.15) is 0 Å². The predicted molar refractivity (Wildman–Crippen MR) is 69.6 cm³/mol. The van der Waals surface area contributed by atoms with Crippen molar-refractivity contribution in [3.8, 4) is 0 Å². The third kappa shape index (κ3) is 4.97. The van der Waals surface area contributed by atoms with Gasteiger partial charge < -0.3 is 15.5 Å². The number of nitrogens with one attached hydrogen (secondary N) is 2. The van der Waals surface area contributed by atoms with Crippen LogP contribution in [-0.4, -0.2) is 38.5 Å². The normalized spacial score (nSPS) is 10.6. The van der Waals surface area contributed by atoms with Gasteiger partial charge in [0.15, 0.2) is 0 Å². The molecule has 0 aliphatic rings. The molecule has 4 nitrogen and oxygen atoms in total. The van der Waals surface area contributed by atoms with Gasteiger partial charge in [-0.15, -0.1) is 0 Å². The topological polar surface area (TPSA) is 44.4 Å². The first kappa shape index (κ1) is 13.7. The Morgan fingerprint density at radius 1 is 1.24 bits per heavy atom. The van der Waals surface area contributed by atoms with Gasteiger partial charge in [0.1, 0.15) is 0 Å². The van der Waals surface area contributed by atoms with Crippen molar-refractivity contribution >= 4 is 5.91 Å². The van der Waals surface area contributed by atoms with Crippen molar-refractivity contribution in [1.29, 1.82) is 0 Å². The van der Waals surface area contributed by atoms with Crippen molar-refractivity contribution in [3.63, 3.8) is 0 Å². The molecule has 94 valence electrons. The summed E-state index contributed by atoms with van der Waals surface area (Å²) in [6.45, 7) is 1.83. The molecule has 17 heavy (non-hydrogen) atoms. The molecule has 4 heteroatoms. The molecule has 0 aromatic heterocycles. The summed E-state index contributed by atoms with van der Waals surface area (Å²) in [5.41, 5.74) is 2.42. The summed E-state index contributed by atoms with van der Waals surface area (Å²) in [7, 11) is 5.84. The Balaban J connectivity index is 2.60. The van der Waals surface area contributed by atoms with Crippen LogP contribution in [-0.2, 0) is 17.9 Å². The summed E-state index contributed by atoms with van der Waals surface area (Å²) in [5.74, 6) is 0.0205. The zero-order valence-corrected chi connectivity index (χ0v) is 10.8. The molecule has 1 rings (SSSR count). The van der Waals surface area contributed by atoms with Crippen LogP contribution in [0.4, 0.5) is 0 Å². The van der Waals surface area contributed by atoms with Crippen LogP contribution >= 0.6 is 0 Å². The zero-order chi connectivity index (χ0) is 12.7. The minimum atomic E-state index is 0.0205. The maximum Gasteiger partial charge on any atom is 0.234 e. The molecule has 0 bridgehead atoms. The lowest BCUT2D eigenvalue weighted by atomic mass is 10.1. The van der Waals surface area contributed by atoms with E-state index < -0.39 is 0 Å². The van der Waals surface area contributed by atoms with Crippen LogP contribution in [0.5, 0.6) is 0 Å². The smallest absolute Gasteiger partial charge is 0.234 e. The summed E-state index contributed by atoms with van der Waals surface area (Å²) >= 11 is 0. The third-order valence-corrected chi connectivity index (χ3v) is 2.42. The monoisotopic (exact) mass is 235 g/mol. The second kappa shape index (κ2) is 7.04. The van der Waals surface area contributed by atoms with Crippen molar-refractivity contribution in [1.82, 2.24) is 15.5 Å².